The summed E-state index contributed by atoms with van der Waals surface area (Å²) >= 11 is 0. The molecule has 1 amide bonds. The van der Waals surface area contributed by atoms with Gasteiger partial charge in [0.25, 0.3) is 5.91 Å². The lowest BCUT2D eigenvalue weighted by Gasteiger charge is -2.38. The zero-order chi connectivity index (χ0) is 24.9. The number of hydrogen-bond donors (Lipinski definition) is 1. The van der Waals surface area contributed by atoms with Crippen molar-refractivity contribution < 1.29 is 14.3 Å². The van der Waals surface area contributed by atoms with Crippen LogP contribution in [0.1, 0.15) is 71.8 Å². The first-order valence-corrected chi connectivity index (χ1v) is 13.6. The number of rotatable bonds is 8. The van der Waals surface area contributed by atoms with Crippen molar-refractivity contribution in [2.24, 2.45) is 5.92 Å². The van der Waals surface area contributed by atoms with E-state index in [4.69, 9.17) is 9.47 Å². The predicted octanol–water partition coefficient (Wildman–Crippen LogP) is 3.91. The monoisotopic (exact) mass is 492 g/mol. The van der Waals surface area contributed by atoms with Crippen molar-refractivity contribution in [3.8, 4) is 0 Å². The fourth-order valence-electron chi connectivity index (χ4n) is 6.10. The highest BCUT2D eigenvalue weighted by atomic mass is 16.5. The zero-order valence-corrected chi connectivity index (χ0v) is 21.7. The van der Waals surface area contributed by atoms with E-state index in [9.17, 15) is 4.79 Å². The number of nitrogens with one attached hydrogen (secondary N) is 1. The van der Waals surface area contributed by atoms with Crippen molar-refractivity contribution >= 4 is 5.91 Å². The summed E-state index contributed by atoms with van der Waals surface area (Å²) in [5, 5.41) is 3.76. The summed E-state index contributed by atoms with van der Waals surface area (Å²) in [6, 6.07) is 11.6. The third-order valence-electron chi connectivity index (χ3n) is 8.53. The Balaban J connectivity index is 1.11. The quantitative estimate of drug-likeness (QED) is 0.602. The minimum Gasteiger partial charge on any atom is -0.379 e. The van der Waals surface area contributed by atoms with E-state index in [1.54, 1.807) is 13.4 Å². The molecule has 2 atom stereocenters. The van der Waals surface area contributed by atoms with Gasteiger partial charge in [-0.2, -0.15) is 0 Å². The molecule has 3 aliphatic rings. The van der Waals surface area contributed by atoms with Gasteiger partial charge in [0.15, 0.2) is 0 Å². The number of hydrogen-bond acceptors (Lipinski definition) is 6. The second-order valence-corrected chi connectivity index (χ2v) is 10.8. The molecule has 3 heterocycles. The van der Waals surface area contributed by atoms with Crippen LogP contribution in [0.5, 0.6) is 0 Å². The van der Waals surface area contributed by atoms with Gasteiger partial charge >= 0.3 is 0 Å². The Morgan fingerprint density at radius 1 is 1.14 bits per heavy atom. The topological polar surface area (TPSA) is 76.6 Å². The number of amides is 1. The lowest BCUT2D eigenvalue weighted by molar-refractivity contribution is -0.0533. The van der Waals surface area contributed by atoms with Crippen LogP contribution in [0, 0.1) is 12.8 Å². The molecule has 0 bridgehead atoms. The van der Waals surface area contributed by atoms with E-state index in [2.05, 4.69) is 45.6 Å². The third kappa shape index (κ3) is 5.79. The molecular formula is C29H40N4O3. The van der Waals surface area contributed by atoms with Gasteiger partial charge in [-0.3, -0.25) is 4.79 Å². The minimum atomic E-state index is 0.0446. The van der Waals surface area contributed by atoms with E-state index in [1.807, 2.05) is 11.8 Å². The van der Waals surface area contributed by atoms with Gasteiger partial charge in [-0.05, 0) is 69.3 Å². The Bertz CT molecular complexity index is 1000. The highest BCUT2D eigenvalue weighted by Gasteiger charge is 2.32. The van der Waals surface area contributed by atoms with Crippen molar-refractivity contribution in [2.75, 3.05) is 33.4 Å². The molecule has 5 rings (SSSR count). The fraction of sp³-hybridized carbons (Fsp3) is 0.621. The van der Waals surface area contributed by atoms with Crippen LogP contribution in [0.2, 0.25) is 0 Å². The summed E-state index contributed by atoms with van der Waals surface area (Å²) in [6.45, 7) is 4.94. The molecule has 3 fully saturated rings. The largest absolute Gasteiger partial charge is 0.379 e. The lowest BCUT2D eigenvalue weighted by Crippen LogP contribution is -2.54. The number of ether oxygens (including phenoxy) is 2. The number of carbonyl (C=O) groups excluding carboxylic acids is 1. The van der Waals surface area contributed by atoms with Gasteiger partial charge in [-0.15, -0.1) is 0 Å². The molecule has 1 aromatic carbocycles. The summed E-state index contributed by atoms with van der Waals surface area (Å²) in [5.41, 5.74) is 4.01. The van der Waals surface area contributed by atoms with Gasteiger partial charge < -0.3 is 19.7 Å². The molecule has 0 spiro atoms. The Hall–Kier alpha value is -2.35. The van der Waals surface area contributed by atoms with Gasteiger partial charge in [-0.1, -0.05) is 30.3 Å². The maximum absolute atomic E-state index is 13.4. The SMILES string of the molecule is CO[C@H]1COCC[C@H]1NC1CCN(C(=O)c2ncnc(CCC3CC(c4ccccc4)C3)c2C)CC1. The summed E-state index contributed by atoms with van der Waals surface area (Å²) in [4.78, 5) is 24.3. The number of piperidine rings is 1. The standard InChI is InChI=1S/C29H40N4O3/c1-20-25(9-8-21-16-23(17-21)22-6-4-3-5-7-22)30-19-31-28(20)29(34)33-13-10-24(11-14-33)32-26-12-15-36-18-27(26)35-2/h3-7,19,21,23-24,26-27,32H,8-18H2,1-2H3/t21?,23?,26-,27+/m1/s1. The van der Waals surface area contributed by atoms with E-state index in [1.165, 1.54) is 18.4 Å². The summed E-state index contributed by atoms with van der Waals surface area (Å²) in [6.07, 6.45) is 9.08. The molecule has 1 aliphatic carbocycles. The van der Waals surface area contributed by atoms with Crippen molar-refractivity contribution in [1.29, 1.82) is 0 Å². The van der Waals surface area contributed by atoms with Crippen molar-refractivity contribution in [2.45, 2.75) is 76.0 Å². The van der Waals surface area contributed by atoms with E-state index < -0.39 is 0 Å². The highest BCUT2D eigenvalue weighted by Crippen LogP contribution is 2.43. The Morgan fingerprint density at radius 2 is 1.92 bits per heavy atom. The fourth-order valence-corrected chi connectivity index (χ4v) is 6.10. The van der Waals surface area contributed by atoms with Crippen LogP contribution < -0.4 is 5.32 Å². The van der Waals surface area contributed by atoms with Crippen molar-refractivity contribution in [3.05, 3.63) is 59.2 Å². The molecule has 2 aromatic rings. The van der Waals surface area contributed by atoms with Crippen LogP contribution in [0.3, 0.4) is 0 Å². The Morgan fingerprint density at radius 3 is 2.67 bits per heavy atom. The van der Waals surface area contributed by atoms with Gasteiger partial charge in [0, 0.05) is 50.1 Å². The van der Waals surface area contributed by atoms with Crippen LogP contribution in [0.15, 0.2) is 36.7 Å². The summed E-state index contributed by atoms with van der Waals surface area (Å²) in [5.74, 6) is 1.48. The van der Waals surface area contributed by atoms with E-state index in [-0.39, 0.29) is 12.0 Å². The number of carbonyl (C=O) groups is 1. The van der Waals surface area contributed by atoms with Crippen LogP contribution >= 0.6 is 0 Å². The summed E-state index contributed by atoms with van der Waals surface area (Å²) < 4.78 is 11.1. The van der Waals surface area contributed by atoms with E-state index in [0.29, 0.717) is 30.3 Å². The maximum Gasteiger partial charge on any atom is 0.272 e. The minimum absolute atomic E-state index is 0.0446. The van der Waals surface area contributed by atoms with E-state index in [0.717, 1.165) is 69.0 Å². The number of methoxy groups -OCH3 is 1. The molecule has 1 N–H and O–H groups in total. The molecule has 7 nitrogen and oxygen atoms in total. The molecular weight excluding hydrogens is 452 g/mol. The molecule has 1 saturated carbocycles. The average molecular weight is 493 g/mol. The second kappa shape index (κ2) is 11.8. The first-order chi connectivity index (χ1) is 17.6. The van der Waals surface area contributed by atoms with Gasteiger partial charge in [0.1, 0.15) is 12.0 Å². The molecule has 1 aromatic heterocycles. The van der Waals surface area contributed by atoms with Crippen LogP contribution in [0.4, 0.5) is 0 Å². The zero-order valence-electron chi connectivity index (χ0n) is 21.7. The molecule has 2 saturated heterocycles. The molecule has 0 radical (unpaired) electrons. The molecule has 36 heavy (non-hydrogen) atoms. The van der Waals surface area contributed by atoms with Crippen LogP contribution in [0.25, 0.3) is 0 Å². The third-order valence-corrected chi connectivity index (χ3v) is 8.53. The first kappa shape index (κ1) is 25.3. The number of aromatic nitrogens is 2. The first-order valence-electron chi connectivity index (χ1n) is 13.6. The van der Waals surface area contributed by atoms with Crippen LogP contribution in [-0.2, 0) is 15.9 Å². The van der Waals surface area contributed by atoms with Crippen molar-refractivity contribution in [1.82, 2.24) is 20.2 Å². The van der Waals surface area contributed by atoms with Gasteiger partial charge in [-0.25, -0.2) is 9.97 Å². The number of benzene rings is 1. The molecule has 0 unspecified atom stereocenters. The maximum atomic E-state index is 13.4. The number of likely N-dealkylation sites (tertiary alicyclic amines) is 1. The Kier molecular flexibility index (Phi) is 8.29. The van der Waals surface area contributed by atoms with Crippen molar-refractivity contribution in [3.63, 3.8) is 0 Å². The molecule has 2 aliphatic heterocycles. The second-order valence-electron chi connectivity index (χ2n) is 10.8. The Labute approximate surface area is 215 Å². The molecule has 7 heteroatoms. The van der Waals surface area contributed by atoms with Gasteiger partial charge in [0.2, 0.25) is 0 Å². The summed E-state index contributed by atoms with van der Waals surface area (Å²) in [7, 11) is 1.75. The van der Waals surface area contributed by atoms with Crippen LogP contribution in [-0.4, -0.2) is 72.4 Å². The lowest BCUT2D eigenvalue weighted by atomic mass is 9.69. The predicted molar refractivity (Wildman–Crippen MR) is 139 cm³/mol. The smallest absolute Gasteiger partial charge is 0.272 e. The van der Waals surface area contributed by atoms with E-state index >= 15 is 0 Å². The number of nitrogens with zero attached hydrogens (tertiary/aromatic N) is 3. The highest BCUT2D eigenvalue weighted by molar-refractivity contribution is 5.93. The molecule has 194 valence electrons. The average Bonchev–Trinajstić information content (AvgIpc) is 2.89. The normalized spacial score (nSPS) is 27.0. The van der Waals surface area contributed by atoms with Gasteiger partial charge in [0.05, 0.1) is 12.7 Å². The number of aryl methyl sites for hydroxylation is 1.